The van der Waals surface area contributed by atoms with E-state index in [2.05, 4.69) is 10.0 Å². The maximum atomic E-state index is 11.9. The predicted octanol–water partition coefficient (Wildman–Crippen LogP) is 3.01. The summed E-state index contributed by atoms with van der Waals surface area (Å²) in [6.07, 6.45) is 4.34. The summed E-state index contributed by atoms with van der Waals surface area (Å²) in [6, 6.07) is 10.6. The van der Waals surface area contributed by atoms with Crippen LogP contribution in [0.15, 0.2) is 47.9 Å². The third-order valence-electron chi connectivity index (χ3n) is 2.99. The van der Waals surface area contributed by atoms with Gasteiger partial charge in [-0.05, 0) is 42.1 Å². The summed E-state index contributed by atoms with van der Waals surface area (Å²) >= 11 is 1.56. The number of amides is 1. The number of hydrogen-bond donors (Lipinski definition) is 2. The van der Waals surface area contributed by atoms with Crippen LogP contribution in [-0.4, -0.2) is 20.6 Å². The zero-order valence-corrected chi connectivity index (χ0v) is 14.4. The summed E-state index contributed by atoms with van der Waals surface area (Å²) < 4.78 is 25.0. The van der Waals surface area contributed by atoms with Gasteiger partial charge in [0.1, 0.15) is 0 Å². The molecule has 1 amide bonds. The van der Waals surface area contributed by atoms with Crippen LogP contribution in [0.1, 0.15) is 23.4 Å². The standard InChI is InChI=1S/C16H18N2O3S2/c1-12(17-16(19)9-8-15-7-4-10-22-15)13-5-3-6-14(11-13)18-23(2,20)21/h3-12,18H,1-2H3,(H,17,19)/b9-8+/t12-/m0/s1. The summed E-state index contributed by atoms with van der Waals surface area (Å²) in [7, 11) is -3.32. The Morgan fingerprint density at radius 3 is 2.70 bits per heavy atom. The van der Waals surface area contributed by atoms with Gasteiger partial charge in [0.2, 0.25) is 15.9 Å². The minimum Gasteiger partial charge on any atom is -0.346 e. The van der Waals surface area contributed by atoms with Crippen molar-refractivity contribution in [2.75, 3.05) is 11.0 Å². The highest BCUT2D eigenvalue weighted by Gasteiger charge is 2.09. The highest BCUT2D eigenvalue weighted by molar-refractivity contribution is 7.92. The van der Waals surface area contributed by atoms with Gasteiger partial charge in [-0.25, -0.2) is 8.42 Å². The van der Waals surface area contributed by atoms with Gasteiger partial charge in [-0.3, -0.25) is 9.52 Å². The number of hydrogen-bond acceptors (Lipinski definition) is 4. The van der Waals surface area contributed by atoms with Gasteiger partial charge >= 0.3 is 0 Å². The molecule has 0 saturated heterocycles. The molecule has 0 bridgehead atoms. The number of anilines is 1. The molecule has 0 aliphatic heterocycles. The van der Waals surface area contributed by atoms with Crippen LogP contribution in [0, 0.1) is 0 Å². The molecule has 0 saturated carbocycles. The van der Waals surface area contributed by atoms with E-state index < -0.39 is 10.0 Å². The Morgan fingerprint density at radius 1 is 1.26 bits per heavy atom. The number of nitrogens with one attached hydrogen (secondary N) is 2. The van der Waals surface area contributed by atoms with Crippen LogP contribution in [0.25, 0.3) is 6.08 Å². The normalized spacial score (nSPS) is 13.0. The van der Waals surface area contributed by atoms with Crippen LogP contribution in [-0.2, 0) is 14.8 Å². The largest absolute Gasteiger partial charge is 0.346 e. The molecule has 1 heterocycles. The van der Waals surface area contributed by atoms with Gasteiger partial charge in [0, 0.05) is 16.6 Å². The topological polar surface area (TPSA) is 75.3 Å². The van der Waals surface area contributed by atoms with E-state index in [1.54, 1.807) is 35.6 Å². The van der Waals surface area contributed by atoms with Crippen molar-refractivity contribution in [2.24, 2.45) is 0 Å². The Morgan fingerprint density at radius 2 is 2.04 bits per heavy atom. The van der Waals surface area contributed by atoms with Gasteiger partial charge in [0.25, 0.3) is 0 Å². The summed E-state index contributed by atoms with van der Waals surface area (Å²) in [5.74, 6) is -0.202. The van der Waals surface area contributed by atoms with Crippen molar-refractivity contribution in [1.82, 2.24) is 5.32 Å². The van der Waals surface area contributed by atoms with Crippen LogP contribution in [0.3, 0.4) is 0 Å². The molecule has 7 heteroatoms. The third-order valence-corrected chi connectivity index (χ3v) is 4.43. The fourth-order valence-electron chi connectivity index (χ4n) is 1.97. The monoisotopic (exact) mass is 350 g/mol. The minimum atomic E-state index is -3.32. The van der Waals surface area contributed by atoms with Crippen molar-refractivity contribution >= 4 is 39.0 Å². The molecule has 0 fully saturated rings. The zero-order valence-electron chi connectivity index (χ0n) is 12.8. The molecule has 2 rings (SSSR count). The van der Waals surface area contributed by atoms with Crippen molar-refractivity contribution in [3.05, 3.63) is 58.3 Å². The van der Waals surface area contributed by atoms with E-state index in [4.69, 9.17) is 0 Å². The highest BCUT2D eigenvalue weighted by atomic mass is 32.2. The maximum Gasteiger partial charge on any atom is 0.244 e. The molecular formula is C16H18N2O3S2. The van der Waals surface area contributed by atoms with Gasteiger partial charge < -0.3 is 5.32 Å². The molecule has 5 nitrogen and oxygen atoms in total. The molecule has 122 valence electrons. The van der Waals surface area contributed by atoms with E-state index in [0.29, 0.717) is 5.69 Å². The lowest BCUT2D eigenvalue weighted by Crippen LogP contribution is -2.24. The smallest absolute Gasteiger partial charge is 0.244 e. The zero-order chi connectivity index (χ0) is 16.9. The number of rotatable bonds is 6. The SMILES string of the molecule is C[C@H](NC(=O)/C=C/c1cccs1)c1cccc(NS(C)(=O)=O)c1. The first kappa shape index (κ1) is 17.2. The second kappa shape index (κ2) is 7.43. The minimum absolute atomic E-state index is 0.202. The van der Waals surface area contributed by atoms with Crippen molar-refractivity contribution < 1.29 is 13.2 Å². The second-order valence-electron chi connectivity index (χ2n) is 5.08. The number of thiophene rings is 1. The van der Waals surface area contributed by atoms with Crippen molar-refractivity contribution in [2.45, 2.75) is 13.0 Å². The molecule has 1 aromatic carbocycles. The Labute approximate surface area is 140 Å². The van der Waals surface area contributed by atoms with Crippen molar-refractivity contribution in [3.8, 4) is 0 Å². The summed E-state index contributed by atoms with van der Waals surface area (Å²) in [4.78, 5) is 12.9. The summed E-state index contributed by atoms with van der Waals surface area (Å²) in [5, 5.41) is 4.80. The fraction of sp³-hybridized carbons (Fsp3) is 0.188. The van der Waals surface area contributed by atoms with Gasteiger partial charge in [0.15, 0.2) is 0 Å². The first-order valence-electron chi connectivity index (χ1n) is 6.93. The van der Waals surface area contributed by atoms with E-state index in [1.807, 2.05) is 30.5 Å². The highest BCUT2D eigenvalue weighted by Crippen LogP contribution is 2.18. The molecule has 0 unspecified atom stereocenters. The van der Waals surface area contributed by atoms with Crippen molar-refractivity contribution in [3.63, 3.8) is 0 Å². The lowest BCUT2D eigenvalue weighted by atomic mass is 10.1. The number of benzene rings is 1. The number of carbonyl (C=O) groups is 1. The van der Waals surface area contributed by atoms with Crippen molar-refractivity contribution in [1.29, 1.82) is 0 Å². The Kier molecular flexibility index (Phi) is 5.57. The molecule has 2 N–H and O–H groups in total. The van der Waals surface area contributed by atoms with Gasteiger partial charge in [-0.1, -0.05) is 18.2 Å². The van der Waals surface area contributed by atoms with Gasteiger partial charge in [-0.15, -0.1) is 11.3 Å². The van der Waals surface area contributed by atoms with Gasteiger partial charge in [0.05, 0.1) is 12.3 Å². The first-order chi connectivity index (χ1) is 10.8. The van der Waals surface area contributed by atoms with Crippen LogP contribution in [0.4, 0.5) is 5.69 Å². The molecule has 2 aromatic rings. The Hall–Kier alpha value is -2.12. The molecule has 1 aromatic heterocycles. The van der Waals surface area contributed by atoms with E-state index in [9.17, 15) is 13.2 Å². The third kappa shape index (κ3) is 5.88. The summed E-state index contributed by atoms with van der Waals surface area (Å²) in [6.45, 7) is 1.84. The Balaban J connectivity index is 2.01. The molecular weight excluding hydrogens is 332 g/mol. The van der Waals surface area contributed by atoms with Gasteiger partial charge in [-0.2, -0.15) is 0 Å². The average Bonchev–Trinajstić information content (AvgIpc) is 2.97. The van der Waals surface area contributed by atoms with E-state index in [0.717, 1.165) is 16.7 Å². The number of carbonyl (C=O) groups excluding carboxylic acids is 1. The van der Waals surface area contributed by atoms with Crippen LogP contribution >= 0.6 is 11.3 Å². The molecule has 0 aliphatic rings. The molecule has 0 aliphatic carbocycles. The van der Waals surface area contributed by atoms with Crippen LogP contribution in [0.2, 0.25) is 0 Å². The molecule has 1 atom stereocenters. The molecule has 23 heavy (non-hydrogen) atoms. The van der Waals surface area contributed by atoms with E-state index in [-0.39, 0.29) is 11.9 Å². The molecule has 0 radical (unpaired) electrons. The summed E-state index contributed by atoms with van der Waals surface area (Å²) in [5.41, 5.74) is 1.29. The van der Waals surface area contributed by atoms with Crippen LogP contribution < -0.4 is 10.0 Å². The predicted molar refractivity (Wildman–Crippen MR) is 94.8 cm³/mol. The lowest BCUT2D eigenvalue weighted by molar-refractivity contribution is -0.117. The number of sulfonamides is 1. The van der Waals surface area contributed by atoms with E-state index >= 15 is 0 Å². The quantitative estimate of drug-likeness (QED) is 0.787. The Bertz CT molecular complexity index is 796. The fourth-order valence-corrected chi connectivity index (χ4v) is 3.15. The van der Waals surface area contributed by atoms with E-state index in [1.165, 1.54) is 6.08 Å². The molecule has 0 spiro atoms. The average molecular weight is 350 g/mol. The lowest BCUT2D eigenvalue weighted by Gasteiger charge is -2.14. The maximum absolute atomic E-state index is 11.9. The van der Waals surface area contributed by atoms with Crippen LogP contribution in [0.5, 0.6) is 0 Å². The second-order valence-corrected chi connectivity index (χ2v) is 7.81. The first-order valence-corrected chi connectivity index (χ1v) is 9.70.